The van der Waals surface area contributed by atoms with Gasteiger partial charge in [-0.25, -0.2) is 4.98 Å². The van der Waals surface area contributed by atoms with Crippen molar-refractivity contribution in [1.82, 2.24) is 4.98 Å². The quantitative estimate of drug-likeness (QED) is 0.518. The van der Waals surface area contributed by atoms with Crippen molar-refractivity contribution < 1.29 is 32.1 Å². The fourth-order valence-corrected chi connectivity index (χ4v) is 2.39. The van der Waals surface area contributed by atoms with Crippen molar-refractivity contribution in [2.75, 3.05) is 26.4 Å². The normalized spacial score (nSPS) is 11.7. The molecule has 0 amide bonds. The standard InChI is InChI=1S/C19H21ClF3NO4/c1-3-25-11-16(12-26-4-2)27-14-6-5-7-15(9-14)28-18-17(20)8-13(10-24-18)19(21,22)23/h5-10,16H,3-4,11-12H2,1-2H3. The fraction of sp³-hybridized carbons (Fsp3) is 0.421. The molecular formula is C19H21ClF3NO4. The first kappa shape index (κ1) is 22.3. The van der Waals surface area contributed by atoms with Crippen molar-refractivity contribution >= 4 is 11.6 Å². The first-order valence-electron chi connectivity index (χ1n) is 8.66. The summed E-state index contributed by atoms with van der Waals surface area (Å²) in [5.41, 5.74) is -0.948. The Morgan fingerprint density at radius 1 is 1.04 bits per heavy atom. The average molecular weight is 420 g/mol. The third kappa shape index (κ3) is 6.85. The van der Waals surface area contributed by atoms with Crippen LogP contribution < -0.4 is 9.47 Å². The molecule has 28 heavy (non-hydrogen) atoms. The van der Waals surface area contributed by atoms with E-state index in [1.165, 1.54) is 0 Å². The summed E-state index contributed by atoms with van der Waals surface area (Å²) in [6.07, 6.45) is -4.18. The van der Waals surface area contributed by atoms with Crippen molar-refractivity contribution in [2.45, 2.75) is 26.1 Å². The Balaban J connectivity index is 2.10. The third-order valence-electron chi connectivity index (χ3n) is 3.47. The van der Waals surface area contributed by atoms with E-state index in [4.69, 9.17) is 30.5 Å². The third-order valence-corrected chi connectivity index (χ3v) is 3.74. The van der Waals surface area contributed by atoms with Gasteiger partial charge in [-0.3, -0.25) is 0 Å². The molecule has 2 aromatic rings. The lowest BCUT2D eigenvalue weighted by Crippen LogP contribution is -2.28. The van der Waals surface area contributed by atoms with Gasteiger partial charge in [0, 0.05) is 25.5 Å². The Kier molecular flexibility index (Phi) is 8.35. The van der Waals surface area contributed by atoms with Crippen molar-refractivity contribution in [1.29, 1.82) is 0 Å². The summed E-state index contributed by atoms with van der Waals surface area (Å²) in [6.45, 7) is 5.57. The first-order chi connectivity index (χ1) is 13.3. The summed E-state index contributed by atoms with van der Waals surface area (Å²) in [4.78, 5) is 3.66. The highest BCUT2D eigenvalue weighted by Crippen LogP contribution is 2.35. The first-order valence-corrected chi connectivity index (χ1v) is 9.04. The van der Waals surface area contributed by atoms with Gasteiger partial charge in [-0.15, -0.1) is 0 Å². The van der Waals surface area contributed by atoms with Gasteiger partial charge < -0.3 is 18.9 Å². The summed E-state index contributed by atoms with van der Waals surface area (Å²) in [6, 6.07) is 7.37. The molecule has 0 spiro atoms. The summed E-state index contributed by atoms with van der Waals surface area (Å²) < 4.78 is 60.3. The minimum Gasteiger partial charge on any atom is -0.485 e. The van der Waals surface area contributed by atoms with Gasteiger partial charge >= 0.3 is 6.18 Å². The van der Waals surface area contributed by atoms with Gasteiger partial charge in [0.15, 0.2) is 0 Å². The maximum absolute atomic E-state index is 12.7. The molecule has 2 rings (SSSR count). The van der Waals surface area contributed by atoms with Gasteiger partial charge in [0.1, 0.15) is 22.6 Å². The Labute approximate surface area is 166 Å². The topological polar surface area (TPSA) is 49.8 Å². The van der Waals surface area contributed by atoms with E-state index in [0.717, 1.165) is 6.07 Å². The molecular weight excluding hydrogens is 399 g/mol. The highest BCUT2D eigenvalue weighted by atomic mass is 35.5. The van der Waals surface area contributed by atoms with E-state index >= 15 is 0 Å². The van der Waals surface area contributed by atoms with E-state index in [2.05, 4.69) is 4.98 Å². The van der Waals surface area contributed by atoms with Gasteiger partial charge in [-0.1, -0.05) is 17.7 Å². The van der Waals surface area contributed by atoms with Gasteiger partial charge in [0.05, 0.1) is 18.8 Å². The summed E-state index contributed by atoms with van der Waals surface area (Å²) in [7, 11) is 0. The molecule has 9 heteroatoms. The van der Waals surface area contributed by atoms with E-state index in [1.54, 1.807) is 24.3 Å². The van der Waals surface area contributed by atoms with Gasteiger partial charge in [0.25, 0.3) is 0 Å². The second-order valence-electron chi connectivity index (χ2n) is 5.64. The lowest BCUT2D eigenvalue weighted by molar-refractivity contribution is -0.137. The van der Waals surface area contributed by atoms with Crippen LogP contribution in [0.1, 0.15) is 19.4 Å². The zero-order valence-electron chi connectivity index (χ0n) is 15.5. The zero-order valence-corrected chi connectivity index (χ0v) is 16.2. The van der Waals surface area contributed by atoms with Crippen molar-refractivity contribution in [2.24, 2.45) is 0 Å². The van der Waals surface area contributed by atoms with Crippen LogP contribution >= 0.6 is 11.6 Å². The number of hydrogen-bond acceptors (Lipinski definition) is 5. The highest BCUT2D eigenvalue weighted by molar-refractivity contribution is 6.31. The van der Waals surface area contributed by atoms with Crippen LogP contribution in [0, 0.1) is 0 Å². The summed E-state index contributed by atoms with van der Waals surface area (Å²) in [5, 5.41) is -0.244. The Morgan fingerprint density at radius 2 is 1.68 bits per heavy atom. The maximum atomic E-state index is 12.7. The van der Waals surface area contributed by atoms with Crippen molar-refractivity contribution in [3.05, 3.63) is 47.1 Å². The highest BCUT2D eigenvalue weighted by Gasteiger charge is 2.31. The van der Waals surface area contributed by atoms with Crippen LogP contribution in [-0.4, -0.2) is 37.5 Å². The molecule has 0 saturated heterocycles. The zero-order chi connectivity index (χ0) is 20.6. The number of aromatic nitrogens is 1. The predicted molar refractivity (Wildman–Crippen MR) is 98.2 cm³/mol. The molecule has 1 heterocycles. The Hall–Kier alpha value is -2.03. The van der Waals surface area contributed by atoms with Gasteiger partial charge in [-0.2, -0.15) is 13.2 Å². The van der Waals surface area contributed by atoms with Crippen molar-refractivity contribution in [3.63, 3.8) is 0 Å². The number of nitrogens with zero attached hydrogens (tertiary/aromatic N) is 1. The molecule has 0 bridgehead atoms. The molecule has 154 valence electrons. The minimum atomic E-state index is -4.53. The van der Waals surface area contributed by atoms with E-state index in [0.29, 0.717) is 44.1 Å². The van der Waals surface area contributed by atoms with E-state index in [9.17, 15) is 13.2 Å². The molecule has 0 fully saturated rings. The molecule has 1 aromatic carbocycles. The number of ether oxygens (including phenoxy) is 4. The number of halogens is 4. The van der Waals surface area contributed by atoms with Crippen molar-refractivity contribution in [3.8, 4) is 17.4 Å². The number of rotatable bonds is 10. The fourth-order valence-electron chi connectivity index (χ4n) is 2.19. The number of hydrogen-bond donors (Lipinski definition) is 0. The smallest absolute Gasteiger partial charge is 0.417 e. The lowest BCUT2D eigenvalue weighted by Gasteiger charge is -2.19. The van der Waals surface area contributed by atoms with Crippen LogP contribution in [0.5, 0.6) is 17.4 Å². The molecule has 0 radical (unpaired) electrons. The monoisotopic (exact) mass is 419 g/mol. The van der Waals surface area contributed by atoms with Crippen LogP contribution in [0.4, 0.5) is 13.2 Å². The summed E-state index contributed by atoms with van der Waals surface area (Å²) in [5.74, 6) is 0.676. The lowest BCUT2D eigenvalue weighted by atomic mass is 10.3. The average Bonchev–Trinajstić information content (AvgIpc) is 2.65. The molecule has 0 saturated carbocycles. The van der Waals surface area contributed by atoms with Crippen LogP contribution in [0.2, 0.25) is 5.02 Å². The molecule has 0 aliphatic rings. The molecule has 0 aliphatic carbocycles. The summed E-state index contributed by atoms with van der Waals surface area (Å²) >= 11 is 5.87. The van der Waals surface area contributed by atoms with Crippen LogP contribution in [0.15, 0.2) is 36.5 Å². The molecule has 0 aliphatic heterocycles. The van der Waals surface area contributed by atoms with Crippen LogP contribution in [0.25, 0.3) is 0 Å². The number of alkyl halides is 3. The van der Waals surface area contributed by atoms with E-state index < -0.39 is 11.7 Å². The van der Waals surface area contributed by atoms with Crippen LogP contribution in [0.3, 0.4) is 0 Å². The van der Waals surface area contributed by atoms with Gasteiger partial charge in [-0.05, 0) is 32.0 Å². The molecule has 5 nitrogen and oxygen atoms in total. The maximum Gasteiger partial charge on any atom is 0.417 e. The van der Waals surface area contributed by atoms with E-state index in [-0.39, 0.29) is 17.0 Å². The Bertz CT molecular complexity index is 750. The van der Waals surface area contributed by atoms with Gasteiger partial charge in [0.2, 0.25) is 5.88 Å². The second-order valence-corrected chi connectivity index (χ2v) is 6.05. The number of pyridine rings is 1. The SMILES string of the molecule is CCOCC(COCC)Oc1cccc(Oc2ncc(C(F)(F)F)cc2Cl)c1. The molecule has 0 N–H and O–H groups in total. The molecule has 0 atom stereocenters. The predicted octanol–water partition coefficient (Wildman–Crippen LogP) is 5.37. The molecule has 1 aromatic heterocycles. The minimum absolute atomic E-state index is 0.132. The Morgan fingerprint density at radius 3 is 2.25 bits per heavy atom. The number of benzene rings is 1. The second kappa shape index (κ2) is 10.5. The largest absolute Gasteiger partial charge is 0.485 e. The molecule has 0 unspecified atom stereocenters. The van der Waals surface area contributed by atoms with E-state index in [1.807, 2.05) is 13.8 Å². The van der Waals surface area contributed by atoms with Crippen LogP contribution in [-0.2, 0) is 15.7 Å².